The maximum atomic E-state index is 13.3. The highest BCUT2D eigenvalue weighted by Crippen LogP contribution is 2.25. The van der Waals surface area contributed by atoms with Crippen LogP contribution >= 0.6 is 11.3 Å². The largest absolute Gasteiger partial charge is 0.337 e. The monoisotopic (exact) mass is 357 g/mol. The number of aryl methyl sites for hydroxylation is 3. The van der Waals surface area contributed by atoms with Gasteiger partial charge in [0, 0.05) is 24.3 Å². The third kappa shape index (κ3) is 3.64. The second-order valence-electron chi connectivity index (χ2n) is 5.92. The zero-order chi connectivity index (χ0) is 18.0. The smallest absolute Gasteiger partial charge is 0.262 e. The number of amides is 1. The van der Waals surface area contributed by atoms with Gasteiger partial charge in [-0.1, -0.05) is 19.1 Å². The van der Waals surface area contributed by atoms with Gasteiger partial charge in [0.25, 0.3) is 5.91 Å². The number of nitrogens with zero attached hydrogens (tertiary/aromatic N) is 2. The van der Waals surface area contributed by atoms with Gasteiger partial charge in [0.1, 0.15) is 17.7 Å². The van der Waals surface area contributed by atoms with E-state index in [1.807, 2.05) is 30.8 Å². The van der Waals surface area contributed by atoms with Gasteiger partial charge in [-0.15, -0.1) is 11.3 Å². The maximum absolute atomic E-state index is 13.3. The molecule has 0 spiro atoms. The molecule has 0 aliphatic heterocycles. The number of imidazole rings is 1. The zero-order valence-electron chi connectivity index (χ0n) is 14.4. The van der Waals surface area contributed by atoms with Crippen LogP contribution in [0.4, 0.5) is 4.39 Å². The van der Waals surface area contributed by atoms with E-state index >= 15 is 0 Å². The second kappa shape index (κ2) is 7.19. The summed E-state index contributed by atoms with van der Waals surface area (Å²) < 4.78 is 15.1. The molecule has 0 aliphatic carbocycles. The Morgan fingerprint density at radius 1 is 1.36 bits per heavy atom. The van der Waals surface area contributed by atoms with E-state index in [0.717, 1.165) is 17.5 Å². The van der Waals surface area contributed by atoms with Crippen LogP contribution in [0.15, 0.2) is 42.7 Å². The Morgan fingerprint density at radius 3 is 2.64 bits per heavy atom. The molecule has 6 heteroatoms. The molecule has 0 fully saturated rings. The summed E-state index contributed by atoms with van der Waals surface area (Å²) in [6, 6.07) is 7.60. The van der Waals surface area contributed by atoms with Gasteiger partial charge in [-0.3, -0.25) is 4.79 Å². The van der Waals surface area contributed by atoms with Gasteiger partial charge in [-0.2, -0.15) is 0 Å². The Balaban J connectivity index is 1.93. The number of hydrogen-bond donors (Lipinski definition) is 1. The molecule has 0 saturated heterocycles. The van der Waals surface area contributed by atoms with Crippen LogP contribution < -0.4 is 5.32 Å². The maximum Gasteiger partial charge on any atom is 0.262 e. The molecule has 0 aliphatic rings. The predicted molar refractivity (Wildman–Crippen MR) is 97.4 cm³/mol. The standard InChI is InChI=1S/C19H20FN3OS/c1-4-15-12(2)11-16(25-15)19(24)22-17(18-21-9-10-23(18)3)13-5-7-14(20)8-6-13/h5-11,17H,4H2,1-3H3,(H,22,24). The summed E-state index contributed by atoms with van der Waals surface area (Å²) in [6.07, 6.45) is 4.41. The number of carbonyl (C=O) groups excluding carboxylic acids is 1. The van der Waals surface area contributed by atoms with Gasteiger partial charge in [-0.05, 0) is 42.7 Å². The molecule has 1 unspecified atom stereocenters. The highest BCUT2D eigenvalue weighted by atomic mass is 32.1. The van der Waals surface area contributed by atoms with Crippen molar-refractivity contribution < 1.29 is 9.18 Å². The van der Waals surface area contributed by atoms with Crippen LogP contribution in [0, 0.1) is 12.7 Å². The molecule has 1 atom stereocenters. The minimum Gasteiger partial charge on any atom is -0.337 e. The van der Waals surface area contributed by atoms with E-state index in [1.54, 1.807) is 18.3 Å². The SMILES string of the molecule is CCc1sc(C(=O)NC(c2ccc(F)cc2)c2nccn2C)cc1C. The lowest BCUT2D eigenvalue weighted by atomic mass is 10.1. The fraction of sp³-hybridized carbons (Fsp3) is 0.263. The van der Waals surface area contributed by atoms with Crippen molar-refractivity contribution in [3.63, 3.8) is 0 Å². The van der Waals surface area contributed by atoms with Crippen LogP contribution in [0.25, 0.3) is 0 Å². The Kier molecular flexibility index (Phi) is 4.99. The fourth-order valence-electron chi connectivity index (χ4n) is 2.79. The van der Waals surface area contributed by atoms with Gasteiger partial charge in [0.2, 0.25) is 0 Å². The molecule has 4 nitrogen and oxygen atoms in total. The van der Waals surface area contributed by atoms with Crippen molar-refractivity contribution in [2.24, 2.45) is 7.05 Å². The number of rotatable bonds is 5. The van der Waals surface area contributed by atoms with Crippen LogP contribution in [0.5, 0.6) is 0 Å². The molecular weight excluding hydrogens is 337 g/mol. The average Bonchev–Trinajstić information content (AvgIpc) is 3.19. The first-order valence-electron chi connectivity index (χ1n) is 8.12. The molecule has 1 aromatic carbocycles. The van der Waals surface area contributed by atoms with Crippen LogP contribution in [-0.2, 0) is 13.5 Å². The molecule has 0 radical (unpaired) electrons. The van der Waals surface area contributed by atoms with Gasteiger partial charge >= 0.3 is 0 Å². The lowest BCUT2D eigenvalue weighted by molar-refractivity contribution is 0.0945. The van der Waals surface area contributed by atoms with Crippen LogP contribution in [0.2, 0.25) is 0 Å². The molecule has 3 rings (SSSR count). The fourth-order valence-corrected chi connectivity index (χ4v) is 3.81. The molecular formula is C19H20FN3OS. The normalized spacial score (nSPS) is 12.2. The van der Waals surface area contributed by atoms with Crippen LogP contribution in [-0.4, -0.2) is 15.5 Å². The number of carbonyl (C=O) groups is 1. The Labute approximate surface area is 150 Å². The van der Waals surface area contributed by atoms with Gasteiger partial charge < -0.3 is 9.88 Å². The molecule has 130 valence electrons. The Hall–Kier alpha value is -2.47. The first kappa shape index (κ1) is 17.4. The summed E-state index contributed by atoms with van der Waals surface area (Å²) in [6.45, 7) is 4.10. The van der Waals surface area contributed by atoms with Crippen molar-refractivity contribution in [2.45, 2.75) is 26.3 Å². The molecule has 1 amide bonds. The summed E-state index contributed by atoms with van der Waals surface area (Å²) >= 11 is 1.51. The topological polar surface area (TPSA) is 46.9 Å². The van der Waals surface area contributed by atoms with Crippen molar-refractivity contribution in [1.29, 1.82) is 0 Å². The summed E-state index contributed by atoms with van der Waals surface area (Å²) in [5.74, 6) is 0.240. The summed E-state index contributed by atoms with van der Waals surface area (Å²) in [4.78, 5) is 19.0. The van der Waals surface area contributed by atoms with Crippen molar-refractivity contribution in [3.05, 3.63) is 75.2 Å². The second-order valence-corrected chi connectivity index (χ2v) is 7.06. The number of halogens is 1. The van der Waals surface area contributed by atoms with Crippen LogP contribution in [0.1, 0.15) is 44.5 Å². The lowest BCUT2D eigenvalue weighted by Gasteiger charge is -2.19. The minimum atomic E-state index is -0.444. The zero-order valence-corrected chi connectivity index (χ0v) is 15.2. The molecule has 2 aromatic heterocycles. The van der Waals surface area contributed by atoms with Crippen molar-refractivity contribution in [1.82, 2.24) is 14.9 Å². The predicted octanol–water partition coefficient (Wildman–Crippen LogP) is 4.01. The molecule has 0 bridgehead atoms. The third-order valence-corrected chi connectivity index (χ3v) is 5.54. The number of aromatic nitrogens is 2. The molecule has 2 heterocycles. The van der Waals surface area contributed by atoms with E-state index in [4.69, 9.17) is 0 Å². The van der Waals surface area contributed by atoms with Crippen LogP contribution in [0.3, 0.4) is 0 Å². The number of hydrogen-bond acceptors (Lipinski definition) is 3. The molecule has 1 N–H and O–H groups in total. The first-order chi connectivity index (χ1) is 12.0. The van der Waals surface area contributed by atoms with E-state index < -0.39 is 6.04 Å². The molecule has 0 saturated carbocycles. The summed E-state index contributed by atoms with van der Waals surface area (Å²) in [7, 11) is 1.87. The quantitative estimate of drug-likeness (QED) is 0.750. The van der Waals surface area contributed by atoms with E-state index in [2.05, 4.69) is 17.2 Å². The first-order valence-corrected chi connectivity index (χ1v) is 8.94. The van der Waals surface area contributed by atoms with Crippen molar-refractivity contribution >= 4 is 17.2 Å². The number of benzene rings is 1. The number of thiophene rings is 1. The molecule has 3 aromatic rings. The lowest BCUT2D eigenvalue weighted by Crippen LogP contribution is -2.30. The van der Waals surface area contributed by atoms with E-state index in [1.165, 1.54) is 28.3 Å². The Morgan fingerprint density at radius 2 is 2.08 bits per heavy atom. The van der Waals surface area contributed by atoms with E-state index in [-0.39, 0.29) is 11.7 Å². The Bertz CT molecular complexity index is 882. The van der Waals surface area contributed by atoms with Crippen molar-refractivity contribution in [3.8, 4) is 0 Å². The highest BCUT2D eigenvalue weighted by Gasteiger charge is 2.22. The van der Waals surface area contributed by atoms with Crippen molar-refractivity contribution in [2.75, 3.05) is 0 Å². The summed E-state index contributed by atoms with van der Waals surface area (Å²) in [5.41, 5.74) is 1.92. The van der Waals surface area contributed by atoms with Gasteiger partial charge in [0.05, 0.1) is 4.88 Å². The minimum absolute atomic E-state index is 0.148. The van der Waals surface area contributed by atoms with E-state index in [0.29, 0.717) is 10.7 Å². The summed E-state index contributed by atoms with van der Waals surface area (Å²) in [5, 5.41) is 3.04. The average molecular weight is 357 g/mol. The third-order valence-electron chi connectivity index (χ3n) is 4.16. The van der Waals surface area contributed by atoms with Gasteiger partial charge in [0.15, 0.2) is 0 Å². The highest BCUT2D eigenvalue weighted by molar-refractivity contribution is 7.14. The molecule has 25 heavy (non-hydrogen) atoms. The number of nitrogens with one attached hydrogen (secondary N) is 1. The van der Waals surface area contributed by atoms with E-state index in [9.17, 15) is 9.18 Å². The van der Waals surface area contributed by atoms with Gasteiger partial charge in [-0.25, -0.2) is 9.37 Å².